The van der Waals surface area contributed by atoms with Gasteiger partial charge in [0.15, 0.2) is 6.10 Å². The average molecular weight is 278 g/mol. The monoisotopic (exact) mass is 278 g/mol. The maximum absolute atomic E-state index is 12.1. The summed E-state index contributed by atoms with van der Waals surface area (Å²) in [6, 6.07) is 6.47. The normalized spacial score (nSPS) is 16.6. The number of ether oxygens (including phenoxy) is 2. The van der Waals surface area contributed by atoms with E-state index in [2.05, 4.69) is 0 Å². The molecule has 1 aliphatic heterocycles. The van der Waals surface area contributed by atoms with Gasteiger partial charge in [0.2, 0.25) is 0 Å². The van der Waals surface area contributed by atoms with Gasteiger partial charge in [-0.3, -0.25) is 4.79 Å². The molecule has 1 amide bonds. The minimum Gasteiger partial charge on any atom is -0.449 e. The Kier molecular flexibility index (Phi) is 4.57. The quantitative estimate of drug-likeness (QED) is 0.649. The largest absolute Gasteiger partial charge is 0.449 e. The highest BCUT2D eigenvalue weighted by atomic mass is 16.5. The summed E-state index contributed by atoms with van der Waals surface area (Å²) in [5.74, 6) is -0.753. The lowest BCUT2D eigenvalue weighted by molar-refractivity contribution is -0.143. The first-order valence-corrected chi connectivity index (χ1v) is 6.51. The van der Waals surface area contributed by atoms with Gasteiger partial charge in [-0.2, -0.15) is 0 Å². The fourth-order valence-electron chi connectivity index (χ4n) is 1.99. The molecule has 1 heterocycles. The molecule has 6 nitrogen and oxygen atoms in total. The van der Waals surface area contributed by atoms with Crippen LogP contribution in [0.4, 0.5) is 5.69 Å². The van der Waals surface area contributed by atoms with Crippen LogP contribution in [-0.2, 0) is 14.3 Å². The molecular formula is C14H18N2O4. The number of carbonyl (C=O) groups excluding carboxylic acids is 2. The van der Waals surface area contributed by atoms with Crippen LogP contribution in [-0.4, -0.2) is 49.2 Å². The van der Waals surface area contributed by atoms with E-state index in [1.165, 1.54) is 6.07 Å². The predicted molar refractivity (Wildman–Crippen MR) is 73.1 cm³/mol. The smallest absolute Gasteiger partial charge is 0.338 e. The third-order valence-electron chi connectivity index (χ3n) is 3.08. The second-order valence-electron chi connectivity index (χ2n) is 4.61. The van der Waals surface area contributed by atoms with Crippen LogP contribution in [0.1, 0.15) is 17.3 Å². The fourth-order valence-corrected chi connectivity index (χ4v) is 1.99. The van der Waals surface area contributed by atoms with E-state index in [4.69, 9.17) is 15.2 Å². The summed E-state index contributed by atoms with van der Waals surface area (Å²) in [5.41, 5.74) is 6.42. The lowest BCUT2D eigenvalue weighted by atomic mass is 10.2. The number of amides is 1. The molecule has 0 aliphatic carbocycles. The van der Waals surface area contributed by atoms with Gasteiger partial charge in [-0.1, -0.05) is 6.07 Å². The number of hydrogen-bond donors (Lipinski definition) is 1. The second kappa shape index (κ2) is 6.38. The van der Waals surface area contributed by atoms with Crippen molar-refractivity contribution in [2.24, 2.45) is 0 Å². The Balaban J connectivity index is 1.94. The Morgan fingerprint density at radius 3 is 2.70 bits per heavy atom. The van der Waals surface area contributed by atoms with Crippen LogP contribution >= 0.6 is 0 Å². The topological polar surface area (TPSA) is 81.9 Å². The van der Waals surface area contributed by atoms with Crippen LogP contribution < -0.4 is 5.73 Å². The van der Waals surface area contributed by atoms with E-state index < -0.39 is 12.1 Å². The predicted octanol–water partition coefficient (Wildman–Crippen LogP) is 0.673. The molecule has 1 aliphatic rings. The van der Waals surface area contributed by atoms with Crippen molar-refractivity contribution in [3.63, 3.8) is 0 Å². The molecule has 1 unspecified atom stereocenters. The van der Waals surface area contributed by atoms with Crippen LogP contribution in [0.2, 0.25) is 0 Å². The number of esters is 1. The number of hydrogen-bond acceptors (Lipinski definition) is 5. The van der Waals surface area contributed by atoms with Gasteiger partial charge in [-0.25, -0.2) is 4.79 Å². The highest BCUT2D eigenvalue weighted by molar-refractivity contribution is 5.93. The van der Waals surface area contributed by atoms with Crippen molar-refractivity contribution in [1.82, 2.24) is 4.90 Å². The molecule has 0 bridgehead atoms. The molecule has 1 aromatic carbocycles. The maximum Gasteiger partial charge on any atom is 0.338 e. The summed E-state index contributed by atoms with van der Waals surface area (Å²) in [7, 11) is 0. The van der Waals surface area contributed by atoms with Gasteiger partial charge >= 0.3 is 5.97 Å². The molecule has 0 spiro atoms. The summed E-state index contributed by atoms with van der Waals surface area (Å²) < 4.78 is 10.4. The van der Waals surface area contributed by atoms with E-state index in [0.717, 1.165) is 0 Å². The number of nitrogen functional groups attached to an aromatic ring is 1. The average Bonchev–Trinajstić information content (AvgIpc) is 2.47. The fraction of sp³-hybridized carbons (Fsp3) is 0.429. The molecule has 0 aromatic heterocycles. The van der Waals surface area contributed by atoms with Gasteiger partial charge in [0.05, 0.1) is 18.8 Å². The van der Waals surface area contributed by atoms with Crippen molar-refractivity contribution in [3.8, 4) is 0 Å². The standard InChI is InChI=1S/C14H18N2O4/c1-10(13(17)16-5-7-19-8-6-16)20-14(18)11-3-2-4-12(15)9-11/h2-4,9-10H,5-8,15H2,1H3. The highest BCUT2D eigenvalue weighted by Crippen LogP contribution is 2.10. The molecule has 2 N–H and O–H groups in total. The number of benzene rings is 1. The lowest BCUT2D eigenvalue weighted by Gasteiger charge is -2.28. The highest BCUT2D eigenvalue weighted by Gasteiger charge is 2.25. The summed E-state index contributed by atoms with van der Waals surface area (Å²) in [4.78, 5) is 25.7. The Morgan fingerprint density at radius 2 is 2.05 bits per heavy atom. The number of carbonyl (C=O) groups is 2. The number of anilines is 1. The van der Waals surface area contributed by atoms with E-state index in [1.807, 2.05) is 0 Å². The molecule has 1 fully saturated rings. The Morgan fingerprint density at radius 1 is 1.35 bits per heavy atom. The molecule has 1 aromatic rings. The summed E-state index contributed by atoms with van der Waals surface area (Å²) in [6.07, 6.45) is -0.818. The Labute approximate surface area is 117 Å². The number of nitrogens with zero attached hydrogens (tertiary/aromatic N) is 1. The molecule has 0 radical (unpaired) electrons. The number of rotatable bonds is 3. The van der Waals surface area contributed by atoms with E-state index in [9.17, 15) is 9.59 Å². The van der Waals surface area contributed by atoms with Gasteiger partial charge in [-0.15, -0.1) is 0 Å². The Hall–Kier alpha value is -2.08. The first-order chi connectivity index (χ1) is 9.58. The van der Waals surface area contributed by atoms with Crippen LogP contribution in [0.25, 0.3) is 0 Å². The van der Waals surface area contributed by atoms with E-state index >= 15 is 0 Å². The molecular weight excluding hydrogens is 260 g/mol. The van der Waals surface area contributed by atoms with Gasteiger partial charge < -0.3 is 20.1 Å². The zero-order chi connectivity index (χ0) is 14.5. The molecule has 0 saturated carbocycles. The van der Waals surface area contributed by atoms with Crippen LogP contribution in [0.3, 0.4) is 0 Å². The first-order valence-electron chi connectivity index (χ1n) is 6.51. The van der Waals surface area contributed by atoms with Crippen LogP contribution in [0.5, 0.6) is 0 Å². The molecule has 6 heteroatoms. The van der Waals surface area contributed by atoms with Crippen molar-refractivity contribution in [2.75, 3.05) is 32.0 Å². The van der Waals surface area contributed by atoms with Gasteiger partial charge in [0.25, 0.3) is 5.91 Å². The van der Waals surface area contributed by atoms with Crippen molar-refractivity contribution < 1.29 is 19.1 Å². The minimum atomic E-state index is -0.818. The second-order valence-corrected chi connectivity index (χ2v) is 4.61. The van der Waals surface area contributed by atoms with Crippen molar-refractivity contribution >= 4 is 17.6 Å². The molecule has 20 heavy (non-hydrogen) atoms. The third-order valence-corrected chi connectivity index (χ3v) is 3.08. The van der Waals surface area contributed by atoms with E-state index in [0.29, 0.717) is 37.6 Å². The zero-order valence-corrected chi connectivity index (χ0v) is 11.4. The summed E-state index contributed by atoms with van der Waals surface area (Å²) >= 11 is 0. The van der Waals surface area contributed by atoms with E-state index in [-0.39, 0.29) is 5.91 Å². The Bertz CT molecular complexity index is 498. The number of morpholine rings is 1. The van der Waals surface area contributed by atoms with Gasteiger partial charge in [-0.05, 0) is 25.1 Å². The molecule has 1 saturated heterocycles. The SMILES string of the molecule is CC(OC(=O)c1cccc(N)c1)C(=O)N1CCOCC1. The minimum absolute atomic E-state index is 0.203. The molecule has 1 atom stereocenters. The third kappa shape index (κ3) is 3.48. The van der Waals surface area contributed by atoms with Crippen molar-refractivity contribution in [3.05, 3.63) is 29.8 Å². The van der Waals surface area contributed by atoms with Crippen LogP contribution in [0, 0.1) is 0 Å². The summed E-state index contributed by atoms with van der Waals surface area (Å²) in [5, 5.41) is 0. The van der Waals surface area contributed by atoms with Crippen molar-refractivity contribution in [2.45, 2.75) is 13.0 Å². The zero-order valence-electron chi connectivity index (χ0n) is 11.4. The van der Waals surface area contributed by atoms with Crippen LogP contribution in [0.15, 0.2) is 24.3 Å². The number of nitrogens with two attached hydrogens (primary N) is 1. The van der Waals surface area contributed by atoms with Gasteiger partial charge in [0, 0.05) is 18.8 Å². The van der Waals surface area contributed by atoms with Gasteiger partial charge in [0.1, 0.15) is 0 Å². The summed E-state index contributed by atoms with van der Waals surface area (Å²) in [6.45, 7) is 3.66. The van der Waals surface area contributed by atoms with E-state index in [1.54, 1.807) is 30.0 Å². The van der Waals surface area contributed by atoms with Crippen molar-refractivity contribution in [1.29, 1.82) is 0 Å². The molecule has 2 rings (SSSR count). The maximum atomic E-state index is 12.1. The first kappa shape index (κ1) is 14.3. The molecule has 108 valence electrons. The lowest BCUT2D eigenvalue weighted by Crippen LogP contribution is -2.46.